The number of benzene rings is 1. The molecule has 0 aliphatic carbocycles. The summed E-state index contributed by atoms with van der Waals surface area (Å²) in [4.78, 5) is 13.8. The normalized spacial score (nSPS) is 12.1. The van der Waals surface area contributed by atoms with Crippen LogP contribution in [0.1, 0.15) is 12.0 Å². The molecule has 0 aromatic heterocycles. The first kappa shape index (κ1) is 16.7. The molecular formula is C12H15F3N4O2. The zero-order chi connectivity index (χ0) is 15.9. The van der Waals surface area contributed by atoms with Crippen LogP contribution in [-0.4, -0.2) is 30.7 Å². The van der Waals surface area contributed by atoms with Crippen molar-refractivity contribution in [2.45, 2.75) is 19.1 Å². The number of hydrogen-bond donors (Lipinski definition) is 2. The molecule has 1 aromatic rings. The lowest BCUT2D eigenvalue weighted by molar-refractivity contribution is -0.384. The Kier molecular flexibility index (Phi) is 5.94. The summed E-state index contributed by atoms with van der Waals surface area (Å²) in [6.07, 6.45) is -5.17. The van der Waals surface area contributed by atoms with Gasteiger partial charge in [-0.25, -0.2) is 0 Å². The minimum atomic E-state index is -4.22. The summed E-state index contributed by atoms with van der Waals surface area (Å²) in [7, 11) is 1.44. The average Bonchev–Trinajstić information content (AvgIpc) is 2.41. The summed E-state index contributed by atoms with van der Waals surface area (Å²) in [5, 5.41) is 15.9. The highest BCUT2D eigenvalue weighted by molar-refractivity contribution is 5.79. The van der Waals surface area contributed by atoms with E-state index in [1.165, 1.54) is 19.2 Å². The number of non-ortho nitro benzene ring substituents is 1. The maximum atomic E-state index is 12.0. The number of nitrogens with zero attached hydrogens (tertiary/aromatic N) is 2. The topological polar surface area (TPSA) is 79.6 Å². The van der Waals surface area contributed by atoms with Gasteiger partial charge in [-0.2, -0.15) is 13.2 Å². The zero-order valence-corrected chi connectivity index (χ0v) is 11.3. The summed E-state index contributed by atoms with van der Waals surface area (Å²) >= 11 is 0. The van der Waals surface area contributed by atoms with Gasteiger partial charge in [-0.15, -0.1) is 0 Å². The van der Waals surface area contributed by atoms with E-state index < -0.39 is 17.5 Å². The van der Waals surface area contributed by atoms with Crippen LogP contribution in [-0.2, 0) is 6.54 Å². The molecule has 0 aliphatic heterocycles. The van der Waals surface area contributed by atoms with Crippen LogP contribution in [0.3, 0.4) is 0 Å². The molecule has 0 bridgehead atoms. The Morgan fingerprint density at radius 2 is 1.90 bits per heavy atom. The van der Waals surface area contributed by atoms with Crippen LogP contribution in [0.4, 0.5) is 18.9 Å². The number of nitro groups is 1. The molecule has 0 heterocycles. The first-order valence-corrected chi connectivity index (χ1v) is 6.06. The molecule has 21 heavy (non-hydrogen) atoms. The molecule has 0 aliphatic rings. The Balaban J connectivity index is 2.43. The van der Waals surface area contributed by atoms with Crippen LogP contribution >= 0.6 is 0 Å². The van der Waals surface area contributed by atoms with Crippen molar-refractivity contribution in [3.05, 3.63) is 39.9 Å². The maximum absolute atomic E-state index is 12.0. The van der Waals surface area contributed by atoms with E-state index in [0.29, 0.717) is 6.54 Å². The minimum Gasteiger partial charge on any atom is -0.356 e. The van der Waals surface area contributed by atoms with Gasteiger partial charge >= 0.3 is 6.18 Å². The molecule has 6 nitrogen and oxygen atoms in total. The van der Waals surface area contributed by atoms with Crippen molar-refractivity contribution in [3.8, 4) is 0 Å². The quantitative estimate of drug-likeness (QED) is 0.378. The number of halogens is 3. The van der Waals surface area contributed by atoms with E-state index in [-0.39, 0.29) is 18.2 Å². The van der Waals surface area contributed by atoms with Gasteiger partial charge in [-0.3, -0.25) is 15.1 Å². The molecule has 0 spiro atoms. The maximum Gasteiger partial charge on any atom is 0.390 e. The number of guanidine groups is 1. The highest BCUT2D eigenvalue weighted by Crippen LogP contribution is 2.18. The smallest absolute Gasteiger partial charge is 0.356 e. The van der Waals surface area contributed by atoms with Gasteiger partial charge in [0.15, 0.2) is 5.96 Å². The van der Waals surface area contributed by atoms with Crippen molar-refractivity contribution in [1.29, 1.82) is 0 Å². The molecule has 0 fully saturated rings. The molecule has 2 N–H and O–H groups in total. The molecule has 0 radical (unpaired) electrons. The van der Waals surface area contributed by atoms with Crippen LogP contribution in [0.5, 0.6) is 0 Å². The summed E-state index contributed by atoms with van der Waals surface area (Å²) < 4.78 is 36.0. The fourth-order valence-electron chi connectivity index (χ4n) is 1.46. The van der Waals surface area contributed by atoms with Crippen molar-refractivity contribution >= 4 is 11.6 Å². The summed E-state index contributed by atoms with van der Waals surface area (Å²) in [6.45, 7) is 0.0210. The fourth-order valence-corrected chi connectivity index (χ4v) is 1.46. The number of alkyl halides is 3. The molecule has 1 rings (SSSR count). The molecule has 0 amide bonds. The van der Waals surface area contributed by atoms with E-state index in [0.717, 1.165) is 5.56 Å². The first-order chi connectivity index (χ1) is 9.81. The third kappa shape index (κ3) is 6.59. The second kappa shape index (κ2) is 7.46. The van der Waals surface area contributed by atoms with E-state index in [1.54, 1.807) is 12.1 Å². The lowest BCUT2D eigenvalue weighted by Crippen LogP contribution is -2.38. The largest absolute Gasteiger partial charge is 0.390 e. The Morgan fingerprint density at radius 1 is 1.29 bits per heavy atom. The van der Waals surface area contributed by atoms with Gasteiger partial charge in [0.25, 0.3) is 5.69 Å². The minimum absolute atomic E-state index is 0.0218. The summed E-state index contributed by atoms with van der Waals surface area (Å²) in [6, 6.07) is 5.84. The monoisotopic (exact) mass is 304 g/mol. The van der Waals surface area contributed by atoms with Gasteiger partial charge in [0.05, 0.1) is 11.3 Å². The van der Waals surface area contributed by atoms with Gasteiger partial charge in [0, 0.05) is 32.3 Å². The van der Waals surface area contributed by atoms with Crippen molar-refractivity contribution in [2.75, 3.05) is 13.6 Å². The van der Waals surface area contributed by atoms with E-state index in [4.69, 9.17) is 0 Å². The second-order valence-corrected chi connectivity index (χ2v) is 4.14. The third-order valence-electron chi connectivity index (χ3n) is 2.53. The first-order valence-electron chi connectivity index (χ1n) is 6.06. The number of nitro benzene ring substituents is 1. The molecule has 116 valence electrons. The third-order valence-corrected chi connectivity index (χ3v) is 2.53. The Morgan fingerprint density at radius 3 is 2.38 bits per heavy atom. The van der Waals surface area contributed by atoms with Gasteiger partial charge < -0.3 is 10.6 Å². The van der Waals surface area contributed by atoms with Crippen LogP contribution in [0.25, 0.3) is 0 Å². The van der Waals surface area contributed by atoms with Crippen LogP contribution in [0, 0.1) is 10.1 Å². The molecule has 0 saturated carbocycles. The Hall–Kier alpha value is -2.32. The van der Waals surface area contributed by atoms with Crippen molar-refractivity contribution in [3.63, 3.8) is 0 Å². The van der Waals surface area contributed by atoms with E-state index in [1.807, 2.05) is 0 Å². The molecule has 0 atom stereocenters. The summed E-state index contributed by atoms with van der Waals surface area (Å²) in [5.74, 6) is 0.234. The molecular weight excluding hydrogens is 289 g/mol. The fraction of sp³-hybridized carbons (Fsp3) is 0.417. The van der Waals surface area contributed by atoms with Gasteiger partial charge in [-0.1, -0.05) is 12.1 Å². The van der Waals surface area contributed by atoms with Crippen molar-refractivity contribution in [2.24, 2.45) is 4.99 Å². The highest BCUT2D eigenvalue weighted by atomic mass is 19.4. The Bertz CT molecular complexity index is 500. The summed E-state index contributed by atoms with van der Waals surface area (Å²) in [5.41, 5.74) is 0.728. The number of hydrogen-bond acceptors (Lipinski definition) is 3. The van der Waals surface area contributed by atoms with Crippen LogP contribution < -0.4 is 10.6 Å². The Labute approximate surface area is 119 Å². The number of rotatable bonds is 5. The van der Waals surface area contributed by atoms with Gasteiger partial charge in [-0.05, 0) is 5.56 Å². The van der Waals surface area contributed by atoms with Gasteiger partial charge in [0.2, 0.25) is 0 Å². The van der Waals surface area contributed by atoms with Crippen molar-refractivity contribution < 1.29 is 18.1 Å². The molecule has 0 saturated heterocycles. The van der Waals surface area contributed by atoms with Crippen LogP contribution in [0.2, 0.25) is 0 Å². The predicted octanol–water partition coefficient (Wildman–Crippen LogP) is 2.21. The number of aliphatic imine (C=N–C) groups is 1. The molecule has 9 heteroatoms. The van der Waals surface area contributed by atoms with Crippen LogP contribution in [0.15, 0.2) is 29.3 Å². The highest BCUT2D eigenvalue weighted by Gasteiger charge is 2.26. The lowest BCUT2D eigenvalue weighted by atomic mass is 10.2. The zero-order valence-electron chi connectivity index (χ0n) is 11.3. The van der Waals surface area contributed by atoms with Crippen molar-refractivity contribution in [1.82, 2.24) is 10.6 Å². The standard InChI is InChI=1S/C12H15F3N4O2/c1-16-11(17-7-6-12(13,14)15)18-8-9-2-4-10(5-3-9)19(20)21/h2-5H,6-8H2,1H3,(H2,16,17,18). The van der Waals surface area contributed by atoms with Gasteiger partial charge in [0.1, 0.15) is 0 Å². The van der Waals surface area contributed by atoms with E-state index in [9.17, 15) is 23.3 Å². The molecule has 0 unspecified atom stereocenters. The number of nitrogens with one attached hydrogen (secondary N) is 2. The second-order valence-electron chi connectivity index (χ2n) is 4.14. The molecule has 1 aromatic carbocycles. The average molecular weight is 304 g/mol. The SMILES string of the molecule is CN=C(NCCC(F)(F)F)NCc1ccc([N+](=O)[O-])cc1. The van der Waals surface area contributed by atoms with E-state index >= 15 is 0 Å². The predicted molar refractivity (Wildman–Crippen MR) is 72.0 cm³/mol. The lowest BCUT2D eigenvalue weighted by Gasteiger charge is -2.12. The van der Waals surface area contributed by atoms with E-state index in [2.05, 4.69) is 15.6 Å².